The molecule has 0 spiro atoms. The molecule has 2 atom stereocenters. The molecule has 12 heteroatoms. The number of allylic oxidation sites excluding steroid dienone is 1. The highest BCUT2D eigenvalue weighted by atomic mass is 16.1. The van der Waals surface area contributed by atoms with Crippen LogP contribution < -0.4 is 37.9 Å². The molecule has 2 aromatic rings. The zero-order valence-electron chi connectivity index (χ0n) is 14.6. The van der Waals surface area contributed by atoms with E-state index in [9.17, 15) is 9.59 Å². The molecule has 0 saturated carbocycles. The molecular weight excluding hydrogens is 352 g/mol. The second kappa shape index (κ2) is 4.99. The molecule has 12 nitrogen and oxygen atoms in total. The third-order valence-corrected chi connectivity index (χ3v) is 5.43. The van der Waals surface area contributed by atoms with Crippen LogP contribution in [0.15, 0.2) is 31.0 Å². The van der Waals surface area contributed by atoms with E-state index in [-0.39, 0.29) is 28.3 Å². The van der Waals surface area contributed by atoms with Crippen LogP contribution in [-0.4, -0.2) is 44.0 Å². The number of nitrogens with one attached hydrogen (secondary N) is 3. The molecule has 0 aliphatic carbocycles. The Morgan fingerprint density at radius 1 is 1.30 bits per heavy atom. The van der Waals surface area contributed by atoms with Crippen LogP contribution in [0.3, 0.4) is 0 Å². The van der Waals surface area contributed by atoms with Gasteiger partial charge >= 0.3 is 0 Å². The van der Waals surface area contributed by atoms with Crippen molar-refractivity contribution >= 4 is 17.5 Å². The molecule has 0 amide bonds. The lowest BCUT2D eigenvalue weighted by Crippen LogP contribution is -2.57. The number of hydrogen-bond donors (Lipinski definition) is 4. The van der Waals surface area contributed by atoms with Gasteiger partial charge in [0.15, 0.2) is 22.4 Å². The second-order valence-corrected chi connectivity index (χ2v) is 6.98. The molecule has 5 N–H and O–H groups in total. The largest absolute Gasteiger partial charge is 0.369 e. The first-order valence-corrected chi connectivity index (χ1v) is 8.39. The Hall–Kier alpha value is -3.57. The molecule has 2 aromatic heterocycles. The number of rotatable bonds is 0. The fourth-order valence-corrected chi connectivity index (χ4v) is 4.17. The Labute approximate surface area is 150 Å². The second-order valence-electron chi connectivity index (χ2n) is 6.98. The van der Waals surface area contributed by atoms with E-state index in [4.69, 9.17) is 5.73 Å². The SMILES string of the molecule is CC1=C2N=c3c(nc(N)[nH]c3=O)=NCC2C2(C)CNc3nn[nH]c(=O)c3N12. The van der Waals surface area contributed by atoms with Gasteiger partial charge in [-0.2, -0.15) is 4.98 Å². The first kappa shape index (κ1) is 15.7. The average molecular weight is 368 g/mol. The molecular formula is C15H16N10O2. The summed E-state index contributed by atoms with van der Waals surface area (Å²) in [5.74, 6) is 0.263. The third-order valence-electron chi connectivity index (χ3n) is 5.43. The summed E-state index contributed by atoms with van der Waals surface area (Å²) >= 11 is 0. The van der Waals surface area contributed by atoms with Crippen molar-refractivity contribution in [3.63, 3.8) is 0 Å². The molecule has 0 bridgehead atoms. The lowest BCUT2D eigenvalue weighted by molar-refractivity contribution is 0.366. The number of aromatic nitrogens is 5. The summed E-state index contributed by atoms with van der Waals surface area (Å²) in [4.78, 5) is 42.4. The van der Waals surface area contributed by atoms with Gasteiger partial charge in [-0.15, -0.1) is 5.10 Å². The molecule has 138 valence electrons. The fourth-order valence-electron chi connectivity index (χ4n) is 4.17. The summed E-state index contributed by atoms with van der Waals surface area (Å²) in [5.41, 5.74) is 6.40. The zero-order chi connectivity index (χ0) is 18.9. The number of H-pyrrole nitrogens is 2. The first-order valence-electron chi connectivity index (χ1n) is 8.39. The van der Waals surface area contributed by atoms with Crippen LogP contribution in [0.5, 0.6) is 0 Å². The van der Waals surface area contributed by atoms with Gasteiger partial charge in [0, 0.05) is 18.2 Å². The van der Waals surface area contributed by atoms with Gasteiger partial charge in [-0.05, 0) is 13.8 Å². The summed E-state index contributed by atoms with van der Waals surface area (Å²) < 4.78 is 0. The van der Waals surface area contributed by atoms with Crippen LogP contribution in [0.4, 0.5) is 17.5 Å². The van der Waals surface area contributed by atoms with E-state index in [1.54, 1.807) is 0 Å². The van der Waals surface area contributed by atoms with Gasteiger partial charge in [0.05, 0.1) is 17.8 Å². The van der Waals surface area contributed by atoms with Crippen molar-refractivity contribution in [1.29, 1.82) is 0 Å². The number of hydrogen-bond acceptors (Lipinski definition) is 10. The van der Waals surface area contributed by atoms with Crippen molar-refractivity contribution in [2.24, 2.45) is 15.9 Å². The Bertz CT molecular complexity index is 1260. The Balaban J connectivity index is 1.81. The van der Waals surface area contributed by atoms with Crippen molar-refractivity contribution in [2.75, 3.05) is 29.0 Å². The van der Waals surface area contributed by atoms with Gasteiger partial charge in [-0.1, -0.05) is 5.21 Å². The summed E-state index contributed by atoms with van der Waals surface area (Å²) in [5, 5.41) is 13.3. The lowest BCUT2D eigenvalue weighted by Gasteiger charge is -2.44. The Morgan fingerprint density at radius 3 is 2.93 bits per heavy atom. The molecule has 0 aromatic carbocycles. The van der Waals surface area contributed by atoms with Crippen LogP contribution in [0, 0.1) is 5.92 Å². The molecule has 5 rings (SSSR count). The van der Waals surface area contributed by atoms with E-state index in [1.807, 2.05) is 18.7 Å². The quantitative estimate of drug-likeness (QED) is 0.400. The summed E-state index contributed by atoms with van der Waals surface area (Å²) in [7, 11) is 0. The van der Waals surface area contributed by atoms with Crippen LogP contribution >= 0.6 is 0 Å². The van der Waals surface area contributed by atoms with E-state index in [0.717, 1.165) is 5.70 Å². The molecule has 2 unspecified atom stereocenters. The maximum atomic E-state index is 12.5. The lowest BCUT2D eigenvalue weighted by atomic mass is 9.84. The van der Waals surface area contributed by atoms with Crippen molar-refractivity contribution in [3.8, 4) is 0 Å². The number of aromatic amines is 2. The number of nitrogens with zero attached hydrogens (tertiary/aromatic N) is 6. The van der Waals surface area contributed by atoms with Crippen LogP contribution in [0.25, 0.3) is 0 Å². The number of nitrogen functional groups attached to an aromatic ring is 1. The summed E-state index contributed by atoms with van der Waals surface area (Å²) in [6.45, 7) is 4.77. The minimum absolute atomic E-state index is 0.00154. The molecule has 5 heterocycles. The van der Waals surface area contributed by atoms with E-state index in [0.29, 0.717) is 30.3 Å². The molecule has 3 aliphatic rings. The highest BCUT2D eigenvalue weighted by Gasteiger charge is 2.53. The van der Waals surface area contributed by atoms with Gasteiger partial charge in [-0.25, -0.2) is 10.1 Å². The molecule has 0 radical (unpaired) electrons. The summed E-state index contributed by atoms with van der Waals surface area (Å²) in [6, 6.07) is 0. The van der Waals surface area contributed by atoms with Crippen molar-refractivity contribution < 1.29 is 0 Å². The highest BCUT2D eigenvalue weighted by molar-refractivity contribution is 5.74. The summed E-state index contributed by atoms with van der Waals surface area (Å²) in [6.07, 6.45) is 0. The highest BCUT2D eigenvalue weighted by Crippen LogP contribution is 2.48. The molecule has 0 saturated heterocycles. The third kappa shape index (κ3) is 1.94. The van der Waals surface area contributed by atoms with E-state index in [1.165, 1.54) is 0 Å². The number of anilines is 3. The van der Waals surface area contributed by atoms with Crippen LogP contribution in [-0.2, 0) is 0 Å². The molecule has 0 fully saturated rings. The maximum Gasteiger partial charge on any atom is 0.293 e. The standard InChI is InChI=1S/C15H16N10O2/c1-5-7-6(3-17-10-8(19-7)12(26)21-14(16)20-10)15(2)4-18-11-9(25(5)15)13(27)23-24-22-11/h6H,3-4H2,1-2H3,(H2,18,22,23,27)(H3,16,17,20,21,26). The van der Waals surface area contributed by atoms with Crippen molar-refractivity contribution in [2.45, 2.75) is 19.4 Å². The van der Waals surface area contributed by atoms with E-state index >= 15 is 0 Å². The number of nitrogens with two attached hydrogens (primary N) is 1. The van der Waals surface area contributed by atoms with Gasteiger partial charge in [0.2, 0.25) is 5.95 Å². The fraction of sp³-hybridized carbons (Fsp3) is 0.400. The predicted octanol–water partition coefficient (Wildman–Crippen LogP) is -2.36. The Kier molecular flexibility index (Phi) is 2.90. The first-order chi connectivity index (χ1) is 12.9. The van der Waals surface area contributed by atoms with Crippen LogP contribution in [0.2, 0.25) is 0 Å². The smallest absolute Gasteiger partial charge is 0.293 e. The Morgan fingerprint density at radius 2 is 2.11 bits per heavy atom. The number of fused-ring (bicyclic) bond motifs is 6. The van der Waals surface area contributed by atoms with Crippen molar-refractivity contribution in [1.82, 2.24) is 25.4 Å². The van der Waals surface area contributed by atoms with Gasteiger partial charge in [0.1, 0.15) is 0 Å². The van der Waals surface area contributed by atoms with Gasteiger partial charge in [0.25, 0.3) is 11.1 Å². The predicted molar refractivity (Wildman–Crippen MR) is 94.7 cm³/mol. The van der Waals surface area contributed by atoms with Crippen LogP contribution in [0.1, 0.15) is 13.8 Å². The average Bonchev–Trinajstić information content (AvgIpc) is 2.75. The van der Waals surface area contributed by atoms with Gasteiger partial charge < -0.3 is 16.0 Å². The minimum atomic E-state index is -0.518. The monoisotopic (exact) mass is 368 g/mol. The maximum absolute atomic E-state index is 12.5. The molecule has 27 heavy (non-hydrogen) atoms. The normalized spacial score (nSPS) is 25.3. The van der Waals surface area contributed by atoms with E-state index < -0.39 is 11.1 Å². The van der Waals surface area contributed by atoms with E-state index in [2.05, 4.69) is 40.7 Å². The topological polar surface area (TPSA) is 170 Å². The van der Waals surface area contributed by atoms with Gasteiger partial charge in [-0.3, -0.25) is 19.6 Å². The zero-order valence-corrected chi connectivity index (χ0v) is 14.6. The van der Waals surface area contributed by atoms with Crippen molar-refractivity contribution in [3.05, 3.63) is 42.9 Å². The minimum Gasteiger partial charge on any atom is -0.369 e. The molecule has 3 aliphatic heterocycles.